The molecule has 0 aliphatic rings. The van der Waals surface area contributed by atoms with Gasteiger partial charge in [0.15, 0.2) is 5.43 Å². The van der Waals surface area contributed by atoms with E-state index in [1.54, 1.807) is 30.3 Å². The van der Waals surface area contributed by atoms with Gasteiger partial charge in [0.2, 0.25) is 0 Å². The van der Waals surface area contributed by atoms with Gasteiger partial charge in [-0.3, -0.25) is 18.6 Å². The summed E-state index contributed by atoms with van der Waals surface area (Å²) in [7, 11) is 7.69. The number of rotatable bonds is 7. The Balaban J connectivity index is 2.14. The lowest BCUT2D eigenvalue weighted by Gasteiger charge is -2.18. The van der Waals surface area contributed by atoms with Crippen LogP contribution >= 0.6 is 0 Å². The third kappa shape index (κ3) is 3.59. The maximum absolute atomic E-state index is 13.6. The van der Waals surface area contributed by atoms with Crippen LogP contribution < -0.4 is 27.7 Å². The van der Waals surface area contributed by atoms with Crippen LogP contribution in [0, 0.1) is 0 Å². The van der Waals surface area contributed by atoms with Gasteiger partial charge in [-0.2, -0.15) is 0 Å². The molecule has 3 N–H and O–H groups in total. The van der Waals surface area contributed by atoms with Gasteiger partial charge in [0.1, 0.15) is 0 Å². The standard InChI is InChI=1S/C23H28N6O3/c1-26(2)10-9-25-17-7-6-15-20-19(17)21(30)16-13-14(24)5-8-18(16)29(20)23(32)28(22(15)31)12-11-27(3)4/h5-8,13,25H,9-12,24H2,1-4H3. The first kappa shape index (κ1) is 21.8. The van der Waals surface area contributed by atoms with Crippen LogP contribution in [0.4, 0.5) is 11.4 Å². The first-order chi connectivity index (χ1) is 15.2. The largest absolute Gasteiger partial charge is 0.399 e. The van der Waals surface area contributed by atoms with Crippen LogP contribution in [0.25, 0.3) is 27.2 Å². The molecule has 4 rings (SSSR count). The maximum atomic E-state index is 13.6. The normalized spacial score (nSPS) is 12.1. The van der Waals surface area contributed by atoms with Gasteiger partial charge in [-0.05, 0) is 58.5 Å². The summed E-state index contributed by atoms with van der Waals surface area (Å²) in [5, 5.41) is 4.31. The molecule has 0 spiro atoms. The number of hydrogen-bond acceptors (Lipinski definition) is 7. The Kier molecular flexibility index (Phi) is 5.62. The first-order valence-electron chi connectivity index (χ1n) is 10.5. The van der Waals surface area contributed by atoms with Crippen molar-refractivity contribution in [1.29, 1.82) is 0 Å². The zero-order chi connectivity index (χ0) is 23.2. The Morgan fingerprint density at radius 2 is 1.66 bits per heavy atom. The SMILES string of the molecule is CN(C)CCNc1ccc2c(=O)n(CCN(C)C)c(=O)n3c4ccc(N)cc4c(=O)c1c23. The molecule has 0 fully saturated rings. The molecule has 4 aromatic rings. The van der Waals surface area contributed by atoms with Crippen LogP contribution in [0.5, 0.6) is 0 Å². The van der Waals surface area contributed by atoms with E-state index in [2.05, 4.69) is 5.32 Å². The second kappa shape index (κ2) is 8.25. The fourth-order valence-electron chi connectivity index (χ4n) is 4.02. The molecular weight excluding hydrogens is 408 g/mol. The molecule has 2 aromatic heterocycles. The average molecular weight is 437 g/mol. The van der Waals surface area contributed by atoms with Gasteiger partial charge in [0.05, 0.1) is 21.8 Å². The van der Waals surface area contributed by atoms with E-state index in [1.807, 2.05) is 38.0 Å². The second-order valence-electron chi connectivity index (χ2n) is 8.60. The lowest BCUT2D eigenvalue weighted by molar-refractivity contribution is 0.376. The third-order valence-corrected chi connectivity index (χ3v) is 5.68. The Labute approximate surface area is 184 Å². The highest BCUT2D eigenvalue weighted by Gasteiger charge is 2.21. The van der Waals surface area contributed by atoms with E-state index in [0.717, 1.165) is 6.54 Å². The number of nitrogens with two attached hydrogens (primary N) is 1. The maximum Gasteiger partial charge on any atom is 0.336 e. The number of likely N-dealkylation sites (N-methyl/N-ethyl adjacent to an activating group) is 2. The van der Waals surface area contributed by atoms with Crippen molar-refractivity contribution in [1.82, 2.24) is 18.8 Å². The molecule has 32 heavy (non-hydrogen) atoms. The topological polar surface area (TPSA) is 105 Å². The molecule has 0 saturated heterocycles. The minimum absolute atomic E-state index is 0.247. The minimum Gasteiger partial charge on any atom is -0.399 e. The number of fused-ring (bicyclic) bond motifs is 2. The number of nitrogens with one attached hydrogen (secondary N) is 1. The average Bonchev–Trinajstić information content (AvgIpc) is 2.73. The Bertz CT molecular complexity index is 1490. The smallest absolute Gasteiger partial charge is 0.336 e. The lowest BCUT2D eigenvalue weighted by atomic mass is 10.0. The van der Waals surface area contributed by atoms with Crippen molar-refractivity contribution >= 4 is 38.6 Å². The number of pyridine rings is 1. The summed E-state index contributed by atoms with van der Waals surface area (Å²) in [4.78, 5) is 44.3. The highest BCUT2D eigenvalue weighted by Crippen LogP contribution is 2.27. The number of hydrogen-bond donors (Lipinski definition) is 2. The highest BCUT2D eigenvalue weighted by atomic mass is 16.2. The first-order valence-corrected chi connectivity index (χ1v) is 10.5. The van der Waals surface area contributed by atoms with Gasteiger partial charge >= 0.3 is 5.69 Å². The summed E-state index contributed by atoms with van der Waals surface area (Å²) in [6, 6.07) is 8.35. The van der Waals surface area contributed by atoms with Gasteiger partial charge in [-0.1, -0.05) is 0 Å². The van der Waals surface area contributed by atoms with Crippen LogP contribution in [0.3, 0.4) is 0 Å². The van der Waals surface area contributed by atoms with Crippen molar-refractivity contribution in [2.45, 2.75) is 6.54 Å². The molecule has 2 heterocycles. The molecule has 9 heteroatoms. The van der Waals surface area contributed by atoms with Crippen LogP contribution in [0.2, 0.25) is 0 Å². The van der Waals surface area contributed by atoms with Gasteiger partial charge < -0.3 is 20.9 Å². The van der Waals surface area contributed by atoms with Crippen molar-refractivity contribution < 1.29 is 0 Å². The van der Waals surface area contributed by atoms with Gasteiger partial charge in [0.25, 0.3) is 5.56 Å². The minimum atomic E-state index is -0.463. The number of anilines is 2. The fraction of sp³-hybridized carbons (Fsp3) is 0.348. The Morgan fingerprint density at radius 1 is 0.938 bits per heavy atom. The quantitative estimate of drug-likeness (QED) is 0.249. The van der Waals surface area contributed by atoms with Crippen LogP contribution in [-0.2, 0) is 6.54 Å². The van der Waals surface area contributed by atoms with Gasteiger partial charge in [-0.25, -0.2) is 4.79 Å². The molecule has 0 aliphatic heterocycles. The van der Waals surface area contributed by atoms with Crippen LogP contribution in [0.15, 0.2) is 44.7 Å². The monoisotopic (exact) mass is 436 g/mol. The second-order valence-corrected chi connectivity index (χ2v) is 8.60. The number of nitrogen functional groups attached to an aromatic ring is 1. The molecule has 0 bridgehead atoms. The number of nitrogens with zero attached hydrogens (tertiary/aromatic N) is 4. The van der Waals surface area contributed by atoms with E-state index < -0.39 is 11.2 Å². The number of aromatic nitrogens is 2. The van der Waals surface area contributed by atoms with Crippen molar-refractivity contribution in [2.75, 3.05) is 58.9 Å². The fourth-order valence-corrected chi connectivity index (χ4v) is 4.02. The Hall–Kier alpha value is -3.43. The molecule has 0 saturated carbocycles. The molecule has 0 radical (unpaired) electrons. The van der Waals surface area contributed by atoms with Crippen molar-refractivity contribution in [2.24, 2.45) is 0 Å². The Morgan fingerprint density at radius 3 is 2.34 bits per heavy atom. The molecule has 2 aromatic carbocycles. The van der Waals surface area contributed by atoms with E-state index in [4.69, 9.17) is 5.73 Å². The predicted molar refractivity (Wildman–Crippen MR) is 130 cm³/mol. The molecule has 0 atom stereocenters. The molecule has 9 nitrogen and oxygen atoms in total. The summed E-state index contributed by atoms with van der Waals surface area (Å²) in [5.74, 6) is 0. The highest BCUT2D eigenvalue weighted by molar-refractivity contribution is 6.07. The van der Waals surface area contributed by atoms with Crippen molar-refractivity contribution in [3.05, 3.63) is 61.4 Å². The predicted octanol–water partition coefficient (Wildman–Crippen LogP) is 0.683. The van der Waals surface area contributed by atoms with Crippen molar-refractivity contribution in [3.63, 3.8) is 0 Å². The molecule has 0 amide bonds. The summed E-state index contributed by atoms with van der Waals surface area (Å²) < 4.78 is 2.72. The summed E-state index contributed by atoms with van der Waals surface area (Å²) >= 11 is 0. The van der Waals surface area contributed by atoms with E-state index in [0.29, 0.717) is 51.7 Å². The molecule has 0 aliphatic carbocycles. The van der Waals surface area contributed by atoms with Gasteiger partial charge in [0, 0.05) is 42.9 Å². The van der Waals surface area contributed by atoms with E-state index in [9.17, 15) is 14.4 Å². The van der Waals surface area contributed by atoms with Crippen LogP contribution in [-0.4, -0.2) is 66.6 Å². The zero-order valence-electron chi connectivity index (χ0n) is 18.8. The summed E-state index contributed by atoms with van der Waals surface area (Å²) in [5.41, 5.74) is 6.67. The molecular formula is C23H28N6O3. The molecule has 0 unspecified atom stereocenters. The zero-order valence-corrected chi connectivity index (χ0v) is 18.8. The van der Waals surface area contributed by atoms with Gasteiger partial charge in [-0.15, -0.1) is 0 Å². The lowest BCUT2D eigenvalue weighted by Crippen LogP contribution is -2.40. The van der Waals surface area contributed by atoms with E-state index in [1.165, 1.54) is 8.97 Å². The summed E-state index contributed by atoms with van der Waals surface area (Å²) in [6.07, 6.45) is 0. The molecule has 168 valence electrons. The van der Waals surface area contributed by atoms with Crippen LogP contribution in [0.1, 0.15) is 0 Å². The van der Waals surface area contributed by atoms with Crippen molar-refractivity contribution in [3.8, 4) is 0 Å². The summed E-state index contributed by atoms with van der Waals surface area (Å²) in [6.45, 7) is 2.14. The van der Waals surface area contributed by atoms with E-state index in [-0.39, 0.29) is 12.0 Å². The van der Waals surface area contributed by atoms with E-state index >= 15 is 0 Å². The number of benzene rings is 2. The third-order valence-electron chi connectivity index (χ3n) is 5.68.